The third-order valence-corrected chi connectivity index (χ3v) is 3.65. The molecule has 1 aliphatic heterocycles. The van der Waals surface area contributed by atoms with E-state index < -0.39 is 0 Å². The molecule has 1 aromatic carbocycles. The first-order valence-electron chi connectivity index (χ1n) is 7.04. The zero-order chi connectivity index (χ0) is 13.5. The highest BCUT2D eigenvalue weighted by Crippen LogP contribution is 2.26. The Morgan fingerprint density at radius 2 is 1.95 bits per heavy atom. The molecule has 1 heterocycles. The summed E-state index contributed by atoms with van der Waals surface area (Å²) in [5.41, 5.74) is 2.55. The van der Waals surface area contributed by atoms with Gasteiger partial charge in [-0.2, -0.15) is 0 Å². The Kier molecular flexibility index (Phi) is 5.40. The van der Waals surface area contributed by atoms with Crippen molar-refractivity contribution in [3.05, 3.63) is 36.2 Å². The van der Waals surface area contributed by atoms with Gasteiger partial charge in [0.2, 0.25) is 0 Å². The van der Waals surface area contributed by atoms with Gasteiger partial charge in [0.05, 0.1) is 13.2 Å². The standard InChI is InChI=1S/C16H22NO2/c1-2-14(4-3-11-18)15-5-7-16(8-6-15)17-9-12-19-13-10-17/h4-8,11,14H,2-3,9-10,12-13H2,1H3. The molecule has 1 aromatic rings. The highest BCUT2D eigenvalue weighted by atomic mass is 16.5. The topological polar surface area (TPSA) is 29.5 Å². The molecule has 1 radical (unpaired) electrons. The Bertz CT molecular complexity index is 382. The van der Waals surface area contributed by atoms with Crippen molar-refractivity contribution in [2.45, 2.75) is 25.7 Å². The molecule has 1 atom stereocenters. The molecule has 0 spiro atoms. The molecule has 103 valence electrons. The first kappa shape index (κ1) is 14.1. The first-order chi connectivity index (χ1) is 9.35. The van der Waals surface area contributed by atoms with Crippen LogP contribution < -0.4 is 4.90 Å². The van der Waals surface area contributed by atoms with Gasteiger partial charge in [-0.05, 0) is 36.5 Å². The van der Waals surface area contributed by atoms with Gasteiger partial charge >= 0.3 is 0 Å². The molecule has 0 bridgehead atoms. The van der Waals surface area contributed by atoms with Crippen molar-refractivity contribution < 1.29 is 9.53 Å². The number of hydrogen-bond donors (Lipinski definition) is 0. The van der Waals surface area contributed by atoms with E-state index in [0.717, 1.165) is 39.0 Å². The number of ether oxygens (including phenoxy) is 1. The number of rotatable bonds is 6. The number of aldehydes is 1. The van der Waals surface area contributed by atoms with Crippen LogP contribution in [0.15, 0.2) is 24.3 Å². The van der Waals surface area contributed by atoms with Crippen LogP contribution in [-0.2, 0) is 9.53 Å². The van der Waals surface area contributed by atoms with Crippen molar-refractivity contribution in [1.82, 2.24) is 0 Å². The molecule has 1 unspecified atom stereocenters. The molecule has 1 saturated heterocycles. The van der Waals surface area contributed by atoms with Crippen LogP contribution in [0.5, 0.6) is 0 Å². The van der Waals surface area contributed by atoms with Crippen molar-refractivity contribution in [2.75, 3.05) is 31.2 Å². The average Bonchev–Trinajstić information content (AvgIpc) is 2.49. The number of hydrogen-bond acceptors (Lipinski definition) is 3. The first-order valence-corrected chi connectivity index (χ1v) is 7.04. The number of benzene rings is 1. The van der Waals surface area contributed by atoms with Crippen LogP contribution in [0.4, 0.5) is 5.69 Å². The van der Waals surface area contributed by atoms with E-state index in [9.17, 15) is 4.79 Å². The lowest BCUT2D eigenvalue weighted by Crippen LogP contribution is -2.36. The fraction of sp³-hybridized carbons (Fsp3) is 0.500. The minimum atomic E-state index is 0.379. The maximum atomic E-state index is 10.5. The third-order valence-electron chi connectivity index (χ3n) is 3.65. The van der Waals surface area contributed by atoms with Gasteiger partial charge in [-0.15, -0.1) is 0 Å². The Labute approximate surface area is 115 Å². The zero-order valence-electron chi connectivity index (χ0n) is 11.5. The van der Waals surface area contributed by atoms with Crippen molar-refractivity contribution in [3.63, 3.8) is 0 Å². The van der Waals surface area contributed by atoms with Crippen molar-refractivity contribution >= 4 is 12.0 Å². The lowest BCUT2D eigenvalue weighted by atomic mass is 9.92. The molecular formula is C16H22NO2. The summed E-state index contributed by atoms with van der Waals surface area (Å²) >= 11 is 0. The summed E-state index contributed by atoms with van der Waals surface area (Å²) in [6.07, 6.45) is 4.62. The van der Waals surface area contributed by atoms with E-state index in [4.69, 9.17) is 4.74 Å². The molecule has 1 fully saturated rings. The van der Waals surface area contributed by atoms with Crippen LogP contribution in [-0.4, -0.2) is 32.6 Å². The molecule has 1 aliphatic rings. The predicted molar refractivity (Wildman–Crippen MR) is 77.5 cm³/mol. The number of anilines is 1. The van der Waals surface area contributed by atoms with Crippen molar-refractivity contribution in [2.24, 2.45) is 0 Å². The summed E-state index contributed by atoms with van der Waals surface area (Å²) in [5.74, 6) is 0.379. The molecule has 0 aliphatic carbocycles. The summed E-state index contributed by atoms with van der Waals surface area (Å²) in [6.45, 7) is 5.71. The fourth-order valence-corrected chi connectivity index (χ4v) is 2.51. The van der Waals surface area contributed by atoms with Gasteiger partial charge in [-0.25, -0.2) is 0 Å². The van der Waals surface area contributed by atoms with Crippen molar-refractivity contribution in [1.29, 1.82) is 0 Å². The van der Waals surface area contributed by atoms with Crippen LogP contribution in [0.25, 0.3) is 0 Å². The Balaban J connectivity index is 2.01. The number of morpholine rings is 1. The molecule has 0 N–H and O–H groups in total. The van der Waals surface area contributed by atoms with Crippen LogP contribution in [0.1, 0.15) is 31.2 Å². The maximum Gasteiger partial charge on any atom is 0.120 e. The average molecular weight is 260 g/mol. The molecule has 2 rings (SSSR count). The van der Waals surface area contributed by atoms with Crippen LogP contribution in [0.3, 0.4) is 0 Å². The summed E-state index contributed by atoms with van der Waals surface area (Å²) in [6, 6.07) is 8.72. The zero-order valence-corrected chi connectivity index (χ0v) is 11.5. The largest absolute Gasteiger partial charge is 0.378 e. The van der Waals surface area contributed by atoms with E-state index in [-0.39, 0.29) is 0 Å². The maximum absolute atomic E-state index is 10.5. The molecule has 0 aromatic heterocycles. The second-order valence-electron chi connectivity index (χ2n) is 4.84. The lowest BCUT2D eigenvalue weighted by molar-refractivity contribution is -0.107. The van der Waals surface area contributed by atoms with Gasteiger partial charge in [0.25, 0.3) is 0 Å². The van der Waals surface area contributed by atoms with E-state index in [1.165, 1.54) is 11.3 Å². The Morgan fingerprint density at radius 1 is 1.26 bits per heavy atom. The van der Waals surface area contributed by atoms with Gasteiger partial charge in [0.1, 0.15) is 6.29 Å². The monoisotopic (exact) mass is 260 g/mol. The number of carbonyl (C=O) groups is 1. The van der Waals surface area contributed by atoms with Gasteiger partial charge in [-0.3, -0.25) is 0 Å². The second kappa shape index (κ2) is 7.29. The third kappa shape index (κ3) is 3.80. The number of carbonyl (C=O) groups excluding carboxylic acids is 1. The van der Waals surface area contributed by atoms with E-state index in [0.29, 0.717) is 12.3 Å². The fourth-order valence-electron chi connectivity index (χ4n) is 2.51. The Hall–Kier alpha value is -1.35. The van der Waals surface area contributed by atoms with Gasteiger partial charge in [0, 0.05) is 25.2 Å². The lowest BCUT2D eigenvalue weighted by Gasteiger charge is -2.29. The minimum absolute atomic E-state index is 0.379. The summed E-state index contributed by atoms with van der Waals surface area (Å²) < 4.78 is 5.37. The summed E-state index contributed by atoms with van der Waals surface area (Å²) in [7, 11) is 0. The van der Waals surface area contributed by atoms with E-state index in [1.807, 2.05) is 0 Å². The SMILES string of the molecule is CCC([CH]CC=O)c1ccc(N2CCOCC2)cc1. The van der Waals surface area contributed by atoms with E-state index >= 15 is 0 Å². The normalized spacial score (nSPS) is 17.2. The molecule has 19 heavy (non-hydrogen) atoms. The molecule has 0 amide bonds. The smallest absolute Gasteiger partial charge is 0.120 e. The molecule has 0 saturated carbocycles. The summed E-state index contributed by atoms with van der Waals surface area (Å²) in [5, 5.41) is 0. The second-order valence-corrected chi connectivity index (χ2v) is 4.84. The summed E-state index contributed by atoms with van der Waals surface area (Å²) in [4.78, 5) is 12.8. The highest BCUT2D eigenvalue weighted by molar-refractivity contribution is 5.52. The van der Waals surface area contributed by atoms with Crippen LogP contribution >= 0.6 is 0 Å². The van der Waals surface area contributed by atoms with Gasteiger partial charge in [0.15, 0.2) is 0 Å². The Morgan fingerprint density at radius 3 is 2.53 bits per heavy atom. The van der Waals surface area contributed by atoms with Crippen LogP contribution in [0, 0.1) is 6.42 Å². The number of nitrogens with zero attached hydrogens (tertiary/aromatic N) is 1. The minimum Gasteiger partial charge on any atom is -0.378 e. The van der Waals surface area contributed by atoms with E-state index in [2.05, 4.69) is 42.5 Å². The molecular weight excluding hydrogens is 238 g/mol. The van der Waals surface area contributed by atoms with Crippen molar-refractivity contribution in [3.8, 4) is 0 Å². The molecule has 3 nitrogen and oxygen atoms in total. The quantitative estimate of drug-likeness (QED) is 0.737. The molecule has 3 heteroatoms. The highest BCUT2D eigenvalue weighted by Gasteiger charge is 2.13. The van der Waals surface area contributed by atoms with Crippen LogP contribution in [0.2, 0.25) is 0 Å². The predicted octanol–water partition coefficient (Wildman–Crippen LogP) is 2.81. The van der Waals surface area contributed by atoms with Gasteiger partial charge < -0.3 is 14.4 Å². The van der Waals surface area contributed by atoms with E-state index in [1.54, 1.807) is 0 Å². The van der Waals surface area contributed by atoms with Gasteiger partial charge in [-0.1, -0.05) is 19.1 Å².